The van der Waals surface area contributed by atoms with E-state index in [1.54, 1.807) is 17.0 Å². The molecule has 0 radical (unpaired) electrons. The molecule has 9 rings (SSSR count). The molecule has 15 nitrogen and oxygen atoms in total. The molecule has 4 aliphatic heterocycles. The van der Waals surface area contributed by atoms with E-state index in [1.807, 2.05) is 29.2 Å². The fraction of sp³-hybridized carbons (Fsp3) is 0.500. The van der Waals surface area contributed by atoms with Gasteiger partial charge in [0.1, 0.15) is 12.6 Å². The highest BCUT2D eigenvalue weighted by Crippen LogP contribution is 2.46. The summed E-state index contributed by atoms with van der Waals surface area (Å²) >= 11 is 0. The number of nitrogens with one attached hydrogen (secondary N) is 2. The highest BCUT2D eigenvalue weighted by atomic mass is 16.5. The third-order valence-corrected chi connectivity index (χ3v) is 14.7. The minimum absolute atomic E-state index is 0.00325. The largest absolute Gasteiger partial charge is 0.379 e. The molecule has 1 aliphatic carbocycles. The summed E-state index contributed by atoms with van der Waals surface area (Å²) in [4.78, 5) is 79.9. The van der Waals surface area contributed by atoms with Crippen molar-refractivity contribution < 1.29 is 38.2 Å². The molecule has 3 fully saturated rings. The molecule has 352 valence electrons. The number of aromatic amines is 1. The number of ketones is 1. The van der Waals surface area contributed by atoms with Gasteiger partial charge >= 0.3 is 0 Å². The number of anilines is 1. The second-order valence-electron chi connectivity index (χ2n) is 18.9. The number of aryl methyl sites for hydroxylation is 2. The molecule has 67 heavy (non-hydrogen) atoms. The number of fused-ring (bicyclic) bond motifs is 5. The van der Waals surface area contributed by atoms with Crippen LogP contribution in [0.15, 0.2) is 48.5 Å². The van der Waals surface area contributed by atoms with Crippen molar-refractivity contribution in [3.8, 4) is 0 Å². The molecule has 15 heteroatoms. The van der Waals surface area contributed by atoms with E-state index in [4.69, 9.17) is 20.8 Å². The Kier molecular flexibility index (Phi) is 13.6. The van der Waals surface area contributed by atoms with Crippen LogP contribution in [0, 0.1) is 6.57 Å². The topological polar surface area (TPSA) is 158 Å². The highest BCUT2D eigenvalue weighted by molar-refractivity contribution is 6.20. The predicted octanol–water partition coefficient (Wildman–Crippen LogP) is 5.71. The Hall–Kier alpha value is -5.92. The van der Waals surface area contributed by atoms with Crippen LogP contribution in [0.4, 0.5) is 11.4 Å². The number of piperidine rings is 2. The Bertz CT molecular complexity index is 2620. The molecule has 0 saturated carbocycles. The van der Waals surface area contributed by atoms with Crippen LogP contribution in [0.3, 0.4) is 0 Å². The smallest absolute Gasteiger partial charge is 0.255 e. The van der Waals surface area contributed by atoms with Crippen LogP contribution in [0.25, 0.3) is 15.7 Å². The summed E-state index contributed by atoms with van der Waals surface area (Å²) in [5, 5.41) is 3.23. The van der Waals surface area contributed by atoms with Crippen LogP contribution in [0.2, 0.25) is 0 Å². The lowest BCUT2D eigenvalue weighted by Crippen LogP contribution is -2.55. The van der Waals surface area contributed by atoms with Gasteiger partial charge < -0.3 is 33.9 Å². The standard InChI is InChI=1S/C52H61N7O8/c1-5-33-28-39-41(52(2,3)49-47(48(39)62)38-12-11-35(53-4)29-42(38)54-49)30-44(33)57-17-15-36(16-18-57)56-19-21-58(22-20-56)46(61)32-67-27-26-66-25-24-65-23-7-9-34-8-6-10-37-40(34)31-59(51(37)64)43-13-14-45(60)55-50(43)63/h6,8,10-12,28-30,36,43,54H,5,7,9,13-27,31-32H2,1-3H3,(H,55,60,63). The van der Waals surface area contributed by atoms with Crippen LogP contribution in [-0.2, 0) is 53.4 Å². The van der Waals surface area contributed by atoms with Crippen LogP contribution >= 0.6 is 0 Å². The van der Waals surface area contributed by atoms with Gasteiger partial charge in [0, 0.05) is 104 Å². The van der Waals surface area contributed by atoms with Crippen molar-refractivity contribution in [1.29, 1.82) is 0 Å². The second-order valence-corrected chi connectivity index (χ2v) is 18.9. The summed E-state index contributed by atoms with van der Waals surface area (Å²) in [7, 11) is 0. The monoisotopic (exact) mass is 911 g/mol. The number of hydrogen-bond acceptors (Lipinski definition) is 10. The normalized spacial score (nSPS) is 19.7. The number of carbonyl (C=O) groups excluding carboxylic acids is 5. The number of aromatic nitrogens is 1. The minimum atomic E-state index is -0.627. The maximum Gasteiger partial charge on any atom is 0.255 e. The Morgan fingerprint density at radius 1 is 0.851 bits per heavy atom. The molecular weight excluding hydrogens is 851 g/mol. The molecule has 1 atom stereocenters. The number of benzene rings is 3. The number of piperazine rings is 1. The van der Waals surface area contributed by atoms with E-state index in [0.29, 0.717) is 76.4 Å². The van der Waals surface area contributed by atoms with Crippen molar-refractivity contribution in [2.45, 2.75) is 89.8 Å². The van der Waals surface area contributed by atoms with E-state index in [-0.39, 0.29) is 36.5 Å². The molecule has 1 aromatic heterocycles. The Morgan fingerprint density at radius 3 is 2.33 bits per heavy atom. The summed E-state index contributed by atoms with van der Waals surface area (Å²) in [5.41, 5.74) is 9.45. The summed E-state index contributed by atoms with van der Waals surface area (Å²) in [5.74, 6) is -0.821. The van der Waals surface area contributed by atoms with Crippen molar-refractivity contribution >= 4 is 51.7 Å². The first kappa shape index (κ1) is 46.2. The Morgan fingerprint density at radius 2 is 1.60 bits per heavy atom. The summed E-state index contributed by atoms with van der Waals surface area (Å²) in [6.45, 7) is 21.4. The SMILES string of the molecule is [C-]#[N+]c1ccc2c3c([nH]c2c1)C(C)(C)c1cc(N2CCC(N4CCN(C(=O)COCCOCCOCCCc5cccc6c5CN(C5CCC(=O)NC5=O)C6=O)CC4)CC2)c(CC)cc1C3=O. The van der Waals surface area contributed by atoms with Gasteiger partial charge in [-0.3, -0.25) is 34.2 Å². The van der Waals surface area contributed by atoms with Gasteiger partial charge in [-0.1, -0.05) is 45.0 Å². The number of amides is 4. The first-order chi connectivity index (χ1) is 32.5. The van der Waals surface area contributed by atoms with Gasteiger partial charge in [-0.2, -0.15) is 0 Å². The lowest BCUT2D eigenvalue weighted by Gasteiger charge is -2.44. The fourth-order valence-electron chi connectivity index (χ4n) is 10.9. The van der Waals surface area contributed by atoms with Gasteiger partial charge in [0.2, 0.25) is 17.7 Å². The number of nitrogens with zero attached hydrogens (tertiary/aromatic N) is 5. The van der Waals surface area contributed by atoms with Gasteiger partial charge in [-0.05, 0) is 85.0 Å². The van der Waals surface area contributed by atoms with Crippen molar-refractivity contribution in [3.63, 3.8) is 0 Å². The summed E-state index contributed by atoms with van der Waals surface area (Å²) in [6.07, 6.45) is 4.98. The molecule has 1 unspecified atom stereocenters. The van der Waals surface area contributed by atoms with Crippen LogP contribution in [-0.4, -0.2) is 140 Å². The van der Waals surface area contributed by atoms with E-state index in [2.05, 4.69) is 57.8 Å². The van der Waals surface area contributed by atoms with Gasteiger partial charge in [0.15, 0.2) is 11.5 Å². The molecule has 2 N–H and O–H groups in total. The molecule has 0 bridgehead atoms. The quantitative estimate of drug-likeness (QED) is 0.0812. The van der Waals surface area contributed by atoms with E-state index in [0.717, 1.165) is 103 Å². The molecule has 3 saturated heterocycles. The number of H-pyrrole nitrogens is 1. The number of carbonyl (C=O) groups is 5. The number of rotatable bonds is 16. The molecule has 0 spiro atoms. The van der Waals surface area contributed by atoms with Gasteiger partial charge in [0.05, 0.1) is 38.6 Å². The molecule has 4 aromatic rings. The molecule has 4 amide bonds. The highest BCUT2D eigenvalue weighted by Gasteiger charge is 2.42. The lowest BCUT2D eigenvalue weighted by atomic mass is 9.70. The van der Waals surface area contributed by atoms with Gasteiger partial charge in [-0.25, -0.2) is 4.85 Å². The summed E-state index contributed by atoms with van der Waals surface area (Å²) in [6, 6.07) is 15.5. The zero-order valence-electron chi connectivity index (χ0n) is 38.9. The van der Waals surface area contributed by atoms with Crippen LogP contribution in [0.5, 0.6) is 0 Å². The van der Waals surface area contributed by atoms with Gasteiger partial charge in [-0.15, -0.1) is 0 Å². The number of hydrogen-bond donors (Lipinski definition) is 2. The average Bonchev–Trinajstić information content (AvgIpc) is 3.90. The zero-order chi connectivity index (χ0) is 46.8. The predicted molar refractivity (Wildman–Crippen MR) is 253 cm³/mol. The van der Waals surface area contributed by atoms with Crippen LogP contribution < -0.4 is 10.2 Å². The lowest BCUT2D eigenvalue weighted by molar-refractivity contribution is -0.139. The third-order valence-electron chi connectivity index (χ3n) is 14.7. The van der Waals surface area contributed by atoms with E-state index < -0.39 is 17.4 Å². The number of imide groups is 1. The first-order valence-electron chi connectivity index (χ1n) is 24.0. The fourth-order valence-corrected chi connectivity index (χ4v) is 10.9. The van der Waals surface area contributed by atoms with E-state index in [1.165, 1.54) is 11.3 Å². The molecular formula is C52H61N7O8. The van der Waals surface area contributed by atoms with Crippen molar-refractivity contribution in [3.05, 3.63) is 105 Å². The summed E-state index contributed by atoms with van der Waals surface area (Å²) < 4.78 is 17.1. The van der Waals surface area contributed by atoms with E-state index in [9.17, 15) is 24.0 Å². The maximum atomic E-state index is 14.1. The van der Waals surface area contributed by atoms with Crippen LogP contribution in [0.1, 0.15) is 107 Å². The van der Waals surface area contributed by atoms with Crippen molar-refractivity contribution in [2.24, 2.45) is 0 Å². The number of ether oxygens (including phenoxy) is 3. The van der Waals surface area contributed by atoms with Crippen molar-refractivity contribution in [2.75, 3.05) is 83.8 Å². The average molecular weight is 912 g/mol. The first-order valence-corrected chi connectivity index (χ1v) is 24.0. The van der Waals surface area contributed by atoms with Crippen molar-refractivity contribution in [1.82, 2.24) is 25.0 Å². The second kappa shape index (κ2) is 19.7. The molecule has 5 heterocycles. The zero-order valence-corrected chi connectivity index (χ0v) is 38.9. The molecule has 5 aliphatic rings. The third kappa shape index (κ3) is 9.24. The van der Waals surface area contributed by atoms with Gasteiger partial charge in [0.25, 0.3) is 5.91 Å². The molecule has 3 aromatic carbocycles. The maximum absolute atomic E-state index is 14.1. The minimum Gasteiger partial charge on any atom is -0.379 e. The Labute approximate surface area is 391 Å². The van der Waals surface area contributed by atoms with E-state index >= 15 is 0 Å². The Balaban J connectivity index is 0.653.